The molecule has 96 valence electrons. The van der Waals surface area contributed by atoms with Crippen molar-refractivity contribution in [2.24, 2.45) is 0 Å². The first-order chi connectivity index (χ1) is 8.72. The number of rotatable bonds is 1. The summed E-state index contributed by atoms with van der Waals surface area (Å²) >= 11 is 0. The Kier molecular flexibility index (Phi) is 2.61. The Bertz CT molecular complexity index is 457. The quantitative estimate of drug-likeness (QED) is 0.634. The van der Waals surface area contributed by atoms with E-state index in [0.29, 0.717) is 0 Å². The minimum absolute atomic E-state index is 0.279. The fourth-order valence-corrected chi connectivity index (χ4v) is 2.56. The van der Waals surface area contributed by atoms with E-state index < -0.39 is 6.35 Å². The van der Waals surface area contributed by atoms with Crippen LogP contribution >= 0.6 is 0 Å². The van der Waals surface area contributed by atoms with Crippen molar-refractivity contribution >= 4 is 6.03 Å². The maximum Gasteiger partial charge on any atom is 0.326 e. The number of allylic oxidation sites excluding steroid dienone is 2. The standard InChI is InChI=1S/C12H16N4O2/c1-2-15-12(18)16-10(14-15)8-6-4-3-5-7-9(8)13-11(16)17/h2,4,6,10,12,14,18H,1,3,5,7H2,(H,13,17). The Balaban J connectivity index is 2.00. The van der Waals surface area contributed by atoms with Gasteiger partial charge in [0.1, 0.15) is 6.17 Å². The predicted molar refractivity (Wildman–Crippen MR) is 65.4 cm³/mol. The Hall–Kier alpha value is -1.79. The summed E-state index contributed by atoms with van der Waals surface area (Å²) in [4.78, 5) is 13.4. The van der Waals surface area contributed by atoms with E-state index in [1.54, 1.807) is 0 Å². The molecule has 0 bridgehead atoms. The maximum atomic E-state index is 12.0. The molecule has 2 heterocycles. The zero-order valence-corrected chi connectivity index (χ0v) is 9.97. The van der Waals surface area contributed by atoms with Gasteiger partial charge in [0.15, 0.2) is 0 Å². The van der Waals surface area contributed by atoms with E-state index in [-0.39, 0.29) is 12.2 Å². The summed E-state index contributed by atoms with van der Waals surface area (Å²) in [5.74, 6) is 0. The van der Waals surface area contributed by atoms with E-state index in [4.69, 9.17) is 0 Å². The van der Waals surface area contributed by atoms with Gasteiger partial charge in [-0.3, -0.25) is 9.91 Å². The van der Waals surface area contributed by atoms with Crippen molar-refractivity contribution in [2.75, 3.05) is 0 Å². The summed E-state index contributed by atoms with van der Waals surface area (Å²) in [7, 11) is 0. The van der Waals surface area contributed by atoms with Gasteiger partial charge < -0.3 is 10.4 Å². The molecule has 0 saturated carbocycles. The van der Waals surface area contributed by atoms with Gasteiger partial charge in [-0.1, -0.05) is 18.7 Å². The van der Waals surface area contributed by atoms with Crippen molar-refractivity contribution in [3.63, 3.8) is 0 Å². The van der Waals surface area contributed by atoms with Crippen LogP contribution in [0.1, 0.15) is 19.3 Å². The second-order valence-electron chi connectivity index (χ2n) is 4.53. The molecule has 2 aliphatic heterocycles. The van der Waals surface area contributed by atoms with Crippen LogP contribution in [-0.4, -0.2) is 33.6 Å². The largest absolute Gasteiger partial charge is 0.355 e. The van der Waals surface area contributed by atoms with E-state index in [9.17, 15) is 9.90 Å². The van der Waals surface area contributed by atoms with Crippen molar-refractivity contribution in [3.05, 3.63) is 36.2 Å². The first kappa shape index (κ1) is 11.3. The van der Waals surface area contributed by atoms with Crippen molar-refractivity contribution in [3.8, 4) is 0 Å². The Labute approximate surface area is 105 Å². The van der Waals surface area contributed by atoms with Crippen molar-refractivity contribution < 1.29 is 9.90 Å². The van der Waals surface area contributed by atoms with Crippen LogP contribution in [0.25, 0.3) is 0 Å². The third-order valence-electron chi connectivity index (χ3n) is 3.47. The molecule has 2 amide bonds. The number of nitrogens with one attached hydrogen (secondary N) is 2. The summed E-state index contributed by atoms with van der Waals surface area (Å²) in [6, 6.07) is -0.279. The third-order valence-corrected chi connectivity index (χ3v) is 3.47. The first-order valence-corrected chi connectivity index (χ1v) is 6.06. The molecule has 0 aromatic rings. The lowest BCUT2D eigenvalue weighted by molar-refractivity contribution is -0.0266. The highest BCUT2D eigenvalue weighted by Crippen LogP contribution is 2.30. The number of hydrazine groups is 1. The molecule has 6 nitrogen and oxygen atoms in total. The molecule has 0 aromatic heterocycles. The van der Waals surface area contributed by atoms with Crippen LogP contribution in [0.15, 0.2) is 36.2 Å². The van der Waals surface area contributed by atoms with Gasteiger partial charge in [0.25, 0.3) is 0 Å². The van der Waals surface area contributed by atoms with Gasteiger partial charge in [-0.05, 0) is 19.3 Å². The van der Waals surface area contributed by atoms with E-state index in [1.165, 1.54) is 16.1 Å². The number of urea groups is 1. The van der Waals surface area contributed by atoms with Crippen LogP contribution in [0.2, 0.25) is 0 Å². The smallest absolute Gasteiger partial charge is 0.326 e. The van der Waals surface area contributed by atoms with Gasteiger partial charge >= 0.3 is 6.03 Å². The highest BCUT2D eigenvalue weighted by molar-refractivity contribution is 5.79. The molecular weight excluding hydrogens is 232 g/mol. The summed E-state index contributed by atoms with van der Waals surface area (Å²) in [5.41, 5.74) is 5.03. The second kappa shape index (κ2) is 4.15. The number of aliphatic hydroxyl groups is 1. The lowest BCUT2D eigenvalue weighted by Crippen LogP contribution is -2.53. The first-order valence-electron chi connectivity index (χ1n) is 6.06. The zero-order valence-electron chi connectivity index (χ0n) is 9.97. The number of hydrogen-bond acceptors (Lipinski definition) is 4. The molecule has 1 aliphatic carbocycles. The summed E-state index contributed by atoms with van der Waals surface area (Å²) in [6.45, 7) is 3.61. The molecule has 3 aliphatic rings. The molecule has 2 atom stereocenters. The number of aliphatic hydroxyl groups excluding tert-OH is 1. The van der Waals surface area contributed by atoms with E-state index >= 15 is 0 Å². The van der Waals surface area contributed by atoms with Crippen LogP contribution in [0.3, 0.4) is 0 Å². The molecule has 0 aromatic carbocycles. The van der Waals surface area contributed by atoms with E-state index in [0.717, 1.165) is 30.5 Å². The van der Waals surface area contributed by atoms with E-state index in [2.05, 4.69) is 23.4 Å². The van der Waals surface area contributed by atoms with Gasteiger partial charge in [0.05, 0.1) is 0 Å². The van der Waals surface area contributed by atoms with Gasteiger partial charge in [-0.2, -0.15) is 0 Å². The fraction of sp³-hybridized carbons (Fsp3) is 0.417. The molecule has 2 unspecified atom stereocenters. The number of amides is 2. The number of carbonyl (C=O) groups excluding carboxylic acids is 1. The number of hydrogen-bond donors (Lipinski definition) is 3. The van der Waals surface area contributed by atoms with Crippen LogP contribution in [0.5, 0.6) is 0 Å². The van der Waals surface area contributed by atoms with Gasteiger partial charge in [0, 0.05) is 17.5 Å². The third kappa shape index (κ3) is 1.53. The number of fused-ring (bicyclic) bond motifs is 2. The van der Waals surface area contributed by atoms with Crippen molar-refractivity contribution in [1.82, 2.24) is 20.7 Å². The number of carbonyl (C=O) groups is 1. The van der Waals surface area contributed by atoms with Crippen molar-refractivity contribution in [1.29, 1.82) is 0 Å². The molecule has 6 heteroatoms. The Morgan fingerprint density at radius 1 is 1.56 bits per heavy atom. The molecule has 18 heavy (non-hydrogen) atoms. The molecule has 3 N–H and O–H groups in total. The molecule has 0 radical (unpaired) electrons. The minimum Gasteiger partial charge on any atom is -0.355 e. The molecule has 0 spiro atoms. The Morgan fingerprint density at radius 2 is 2.39 bits per heavy atom. The second-order valence-corrected chi connectivity index (χ2v) is 4.53. The lowest BCUT2D eigenvalue weighted by atomic mass is 10.1. The predicted octanol–water partition coefficient (Wildman–Crippen LogP) is 0.571. The average Bonchev–Trinajstić information content (AvgIpc) is 2.55. The molecule has 1 fully saturated rings. The monoisotopic (exact) mass is 248 g/mol. The topological polar surface area (TPSA) is 67.8 Å². The van der Waals surface area contributed by atoms with Gasteiger partial charge in [0.2, 0.25) is 6.35 Å². The number of nitrogens with zero attached hydrogens (tertiary/aromatic N) is 2. The molecule has 3 rings (SSSR count). The summed E-state index contributed by atoms with van der Waals surface area (Å²) in [5, 5.41) is 14.3. The molecular formula is C12H16N4O2. The van der Waals surface area contributed by atoms with Crippen LogP contribution in [-0.2, 0) is 0 Å². The Morgan fingerprint density at radius 3 is 3.17 bits per heavy atom. The fourth-order valence-electron chi connectivity index (χ4n) is 2.56. The normalized spacial score (nSPS) is 30.8. The highest BCUT2D eigenvalue weighted by atomic mass is 16.3. The summed E-state index contributed by atoms with van der Waals surface area (Å²) < 4.78 is 0. The van der Waals surface area contributed by atoms with Crippen LogP contribution in [0.4, 0.5) is 4.79 Å². The van der Waals surface area contributed by atoms with Crippen LogP contribution < -0.4 is 10.7 Å². The molecule has 1 saturated heterocycles. The van der Waals surface area contributed by atoms with Gasteiger partial charge in [-0.15, -0.1) is 0 Å². The van der Waals surface area contributed by atoms with Crippen LogP contribution in [0, 0.1) is 0 Å². The van der Waals surface area contributed by atoms with Gasteiger partial charge in [-0.25, -0.2) is 10.2 Å². The van der Waals surface area contributed by atoms with E-state index in [1.807, 2.05) is 6.08 Å². The zero-order chi connectivity index (χ0) is 12.7. The van der Waals surface area contributed by atoms with Crippen molar-refractivity contribution in [2.45, 2.75) is 31.8 Å². The highest BCUT2D eigenvalue weighted by Gasteiger charge is 2.45. The maximum absolute atomic E-state index is 12.0. The SMILES string of the molecule is C=CN1NC2C3=C(CCCC=C3)NC(=O)N2C1O. The minimum atomic E-state index is -1.03. The summed E-state index contributed by atoms with van der Waals surface area (Å²) in [6.07, 6.45) is 7.11. The average molecular weight is 248 g/mol. The lowest BCUT2D eigenvalue weighted by Gasteiger charge is -2.32.